The van der Waals surface area contributed by atoms with Gasteiger partial charge in [-0.05, 0) is 36.1 Å². The Morgan fingerprint density at radius 3 is 2.59 bits per heavy atom. The SMILES string of the molecule is COCc1nn2c(nnc3c(=O)n(CCC(C)C)ccc32)c1-c1ccc(Cl)cc1. The van der Waals surface area contributed by atoms with E-state index in [1.54, 1.807) is 22.4 Å². The first-order valence-electron chi connectivity index (χ1n) is 9.52. The van der Waals surface area contributed by atoms with Gasteiger partial charge in [0.05, 0.1) is 17.9 Å². The number of hydrogen-bond donors (Lipinski definition) is 0. The van der Waals surface area contributed by atoms with Crippen molar-refractivity contribution in [1.29, 1.82) is 0 Å². The first kappa shape index (κ1) is 19.5. The van der Waals surface area contributed by atoms with E-state index >= 15 is 0 Å². The maximum Gasteiger partial charge on any atom is 0.280 e. The third-order valence-electron chi connectivity index (χ3n) is 4.89. The third-order valence-corrected chi connectivity index (χ3v) is 5.14. The molecule has 0 aliphatic heterocycles. The van der Waals surface area contributed by atoms with E-state index in [2.05, 4.69) is 29.1 Å². The molecule has 0 N–H and O–H groups in total. The number of benzene rings is 1. The summed E-state index contributed by atoms with van der Waals surface area (Å²) in [6, 6.07) is 9.33. The highest BCUT2D eigenvalue weighted by atomic mass is 35.5. The van der Waals surface area contributed by atoms with Gasteiger partial charge in [0.25, 0.3) is 5.56 Å². The van der Waals surface area contributed by atoms with Crippen LogP contribution in [0.1, 0.15) is 26.0 Å². The molecule has 0 fully saturated rings. The fourth-order valence-electron chi connectivity index (χ4n) is 3.35. The largest absolute Gasteiger partial charge is 0.378 e. The molecule has 29 heavy (non-hydrogen) atoms. The molecule has 0 bridgehead atoms. The smallest absolute Gasteiger partial charge is 0.280 e. The summed E-state index contributed by atoms with van der Waals surface area (Å²) in [4.78, 5) is 12.9. The van der Waals surface area contributed by atoms with Crippen molar-refractivity contribution < 1.29 is 4.74 Å². The molecule has 7 nitrogen and oxygen atoms in total. The highest BCUT2D eigenvalue weighted by molar-refractivity contribution is 6.30. The van der Waals surface area contributed by atoms with Gasteiger partial charge in [0.2, 0.25) is 0 Å². The van der Waals surface area contributed by atoms with Crippen LogP contribution in [0.25, 0.3) is 27.8 Å². The molecule has 0 amide bonds. The van der Waals surface area contributed by atoms with Crippen LogP contribution in [0.3, 0.4) is 0 Å². The van der Waals surface area contributed by atoms with Crippen molar-refractivity contribution in [3.05, 3.63) is 57.6 Å². The second kappa shape index (κ2) is 7.93. The van der Waals surface area contributed by atoms with E-state index in [9.17, 15) is 4.79 Å². The van der Waals surface area contributed by atoms with Gasteiger partial charge in [-0.3, -0.25) is 4.79 Å². The summed E-state index contributed by atoms with van der Waals surface area (Å²) in [5.41, 5.74) is 3.80. The number of aromatic nitrogens is 5. The lowest BCUT2D eigenvalue weighted by Crippen LogP contribution is -2.22. The van der Waals surface area contributed by atoms with Crippen LogP contribution in [0.4, 0.5) is 0 Å². The van der Waals surface area contributed by atoms with Crippen LogP contribution in [0, 0.1) is 5.92 Å². The Bertz CT molecular complexity index is 1230. The molecule has 4 aromatic rings. The molecule has 4 rings (SSSR count). The lowest BCUT2D eigenvalue weighted by molar-refractivity contribution is 0.181. The van der Waals surface area contributed by atoms with Crippen LogP contribution < -0.4 is 5.56 Å². The van der Waals surface area contributed by atoms with Gasteiger partial charge in [-0.1, -0.05) is 37.6 Å². The number of aryl methyl sites for hydroxylation is 1. The average Bonchev–Trinajstić information content (AvgIpc) is 3.07. The summed E-state index contributed by atoms with van der Waals surface area (Å²) >= 11 is 6.04. The fourth-order valence-corrected chi connectivity index (χ4v) is 3.48. The van der Waals surface area contributed by atoms with Crippen LogP contribution in [0.5, 0.6) is 0 Å². The summed E-state index contributed by atoms with van der Waals surface area (Å²) in [5, 5.41) is 14.0. The van der Waals surface area contributed by atoms with Gasteiger partial charge < -0.3 is 9.30 Å². The molecular formula is C21H22ClN5O2. The standard InChI is InChI=1S/C21H22ClN5O2/c1-13(2)8-10-26-11-9-17-19(21(26)28)23-24-20-18(14-4-6-15(22)7-5-14)16(12-29-3)25-27(17)20/h4-7,9,11,13H,8,10,12H2,1-3H3. The van der Waals surface area contributed by atoms with E-state index in [-0.39, 0.29) is 5.56 Å². The maximum absolute atomic E-state index is 12.9. The molecule has 0 atom stereocenters. The highest BCUT2D eigenvalue weighted by Gasteiger charge is 2.19. The number of halogens is 1. The molecule has 0 saturated heterocycles. The first-order valence-corrected chi connectivity index (χ1v) is 9.89. The minimum absolute atomic E-state index is 0.158. The molecule has 1 aromatic carbocycles. The molecule has 0 saturated carbocycles. The van der Waals surface area contributed by atoms with Gasteiger partial charge >= 0.3 is 0 Å². The van der Waals surface area contributed by atoms with Crippen LogP contribution in [0.2, 0.25) is 5.02 Å². The zero-order valence-electron chi connectivity index (χ0n) is 16.6. The number of hydrogen-bond acceptors (Lipinski definition) is 5. The predicted octanol–water partition coefficient (Wildman–Crippen LogP) is 3.95. The molecule has 0 aliphatic carbocycles. The highest BCUT2D eigenvalue weighted by Crippen LogP contribution is 2.30. The minimum atomic E-state index is -0.158. The van der Waals surface area contributed by atoms with E-state index in [0.29, 0.717) is 40.8 Å². The lowest BCUT2D eigenvalue weighted by atomic mass is 10.1. The lowest BCUT2D eigenvalue weighted by Gasteiger charge is -2.09. The quantitative estimate of drug-likeness (QED) is 0.480. The second-order valence-electron chi connectivity index (χ2n) is 7.43. The zero-order chi connectivity index (χ0) is 20.5. The molecular weight excluding hydrogens is 390 g/mol. The van der Waals surface area contributed by atoms with Gasteiger partial charge in [0, 0.05) is 24.9 Å². The summed E-state index contributed by atoms with van der Waals surface area (Å²) in [6.07, 6.45) is 2.72. The summed E-state index contributed by atoms with van der Waals surface area (Å²) < 4.78 is 8.70. The van der Waals surface area contributed by atoms with Crippen molar-refractivity contribution in [2.45, 2.75) is 33.4 Å². The first-order chi connectivity index (χ1) is 14.0. The summed E-state index contributed by atoms with van der Waals surface area (Å²) in [7, 11) is 1.62. The molecule has 0 aliphatic rings. The Balaban J connectivity index is 1.92. The van der Waals surface area contributed by atoms with Crippen molar-refractivity contribution in [1.82, 2.24) is 24.4 Å². The molecule has 3 aromatic heterocycles. The van der Waals surface area contributed by atoms with Crippen LogP contribution in [0.15, 0.2) is 41.3 Å². The summed E-state index contributed by atoms with van der Waals surface area (Å²) in [6.45, 7) is 5.23. The van der Waals surface area contributed by atoms with E-state index in [4.69, 9.17) is 16.3 Å². The van der Waals surface area contributed by atoms with E-state index < -0.39 is 0 Å². The Labute approximate surface area is 172 Å². The second-order valence-corrected chi connectivity index (χ2v) is 7.86. The van der Waals surface area contributed by atoms with Gasteiger partial charge in [0.15, 0.2) is 11.2 Å². The number of pyridine rings is 1. The number of methoxy groups -OCH3 is 1. The van der Waals surface area contributed by atoms with Crippen LogP contribution >= 0.6 is 11.6 Å². The van der Waals surface area contributed by atoms with Gasteiger partial charge in [-0.25, -0.2) is 4.52 Å². The van der Waals surface area contributed by atoms with Crippen molar-refractivity contribution in [3.8, 4) is 11.1 Å². The molecule has 150 valence electrons. The monoisotopic (exact) mass is 411 g/mol. The number of rotatable bonds is 6. The van der Waals surface area contributed by atoms with Crippen LogP contribution in [-0.4, -0.2) is 31.5 Å². The van der Waals surface area contributed by atoms with Gasteiger partial charge in [-0.2, -0.15) is 5.10 Å². The molecule has 0 unspecified atom stereocenters. The number of fused-ring (bicyclic) bond motifs is 3. The van der Waals surface area contributed by atoms with Crippen molar-refractivity contribution in [2.75, 3.05) is 7.11 Å². The summed E-state index contributed by atoms with van der Waals surface area (Å²) in [5.74, 6) is 0.510. The third kappa shape index (κ3) is 3.63. The van der Waals surface area contributed by atoms with Crippen molar-refractivity contribution >= 4 is 28.3 Å². The topological polar surface area (TPSA) is 74.3 Å². The Hall–Kier alpha value is -2.77. The van der Waals surface area contributed by atoms with Gasteiger partial charge in [-0.15, -0.1) is 10.2 Å². The Kier molecular flexibility index (Phi) is 5.34. The fraction of sp³-hybridized carbons (Fsp3) is 0.333. The van der Waals surface area contributed by atoms with Crippen molar-refractivity contribution in [2.24, 2.45) is 5.92 Å². The normalized spacial score (nSPS) is 11.8. The number of nitrogens with zero attached hydrogens (tertiary/aromatic N) is 5. The average molecular weight is 412 g/mol. The van der Waals surface area contributed by atoms with Crippen LogP contribution in [-0.2, 0) is 17.9 Å². The molecule has 8 heteroatoms. The maximum atomic E-state index is 12.9. The van der Waals surface area contributed by atoms with Crippen molar-refractivity contribution in [3.63, 3.8) is 0 Å². The Morgan fingerprint density at radius 2 is 1.90 bits per heavy atom. The van der Waals surface area contributed by atoms with E-state index in [1.807, 2.05) is 30.3 Å². The zero-order valence-corrected chi connectivity index (χ0v) is 17.3. The molecule has 0 spiro atoms. The predicted molar refractivity (Wildman–Crippen MR) is 113 cm³/mol. The Morgan fingerprint density at radius 1 is 1.14 bits per heavy atom. The van der Waals surface area contributed by atoms with Gasteiger partial charge in [0.1, 0.15) is 5.52 Å². The number of ether oxygens (including phenoxy) is 1. The molecule has 3 heterocycles. The molecule has 0 radical (unpaired) electrons. The van der Waals surface area contributed by atoms with E-state index in [1.165, 1.54) is 0 Å². The van der Waals surface area contributed by atoms with E-state index in [0.717, 1.165) is 23.2 Å². The minimum Gasteiger partial charge on any atom is -0.378 e.